The Kier molecular flexibility index (Phi) is 5.78. The molecule has 0 unspecified atom stereocenters. The van der Waals surface area contributed by atoms with Crippen molar-refractivity contribution in [3.8, 4) is 11.4 Å². The van der Waals surface area contributed by atoms with E-state index in [2.05, 4.69) is 15.5 Å². The molecule has 1 aliphatic carbocycles. The van der Waals surface area contributed by atoms with E-state index in [0.29, 0.717) is 11.9 Å². The molecule has 30 heavy (non-hydrogen) atoms. The van der Waals surface area contributed by atoms with Gasteiger partial charge < -0.3 is 14.8 Å². The average molecular weight is 409 g/mol. The Bertz CT molecular complexity index is 1020. The minimum Gasteiger partial charge on any atom is -0.493 e. The highest BCUT2D eigenvalue weighted by Gasteiger charge is 2.23. The van der Waals surface area contributed by atoms with E-state index in [4.69, 9.17) is 9.47 Å². The van der Waals surface area contributed by atoms with Crippen LogP contribution in [0.3, 0.4) is 0 Å². The number of hydrogen-bond acceptors (Lipinski definition) is 6. The molecule has 2 heterocycles. The van der Waals surface area contributed by atoms with Crippen LogP contribution >= 0.6 is 0 Å². The summed E-state index contributed by atoms with van der Waals surface area (Å²) >= 11 is 0. The minimum absolute atomic E-state index is 0.00477. The van der Waals surface area contributed by atoms with Crippen molar-refractivity contribution in [3.05, 3.63) is 54.5 Å². The Labute approximate surface area is 173 Å². The number of methoxy groups -OCH3 is 1. The molecule has 0 bridgehead atoms. The van der Waals surface area contributed by atoms with Gasteiger partial charge in [0.05, 0.1) is 31.2 Å². The fourth-order valence-corrected chi connectivity index (χ4v) is 3.59. The zero-order valence-electron chi connectivity index (χ0n) is 16.7. The van der Waals surface area contributed by atoms with Gasteiger partial charge >= 0.3 is 5.97 Å². The summed E-state index contributed by atoms with van der Waals surface area (Å²) < 4.78 is 13.8. The number of benzene rings is 1. The van der Waals surface area contributed by atoms with Crippen molar-refractivity contribution in [1.29, 1.82) is 0 Å². The predicted octanol–water partition coefficient (Wildman–Crippen LogP) is 2.99. The van der Waals surface area contributed by atoms with Crippen LogP contribution in [-0.4, -0.2) is 45.2 Å². The highest BCUT2D eigenvalue weighted by molar-refractivity contribution is 5.95. The summed E-state index contributed by atoms with van der Waals surface area (Å²) in [6, 6.07) is 11.3. The fourth-order valence-electron chi connectivity index (χ4n) is 3.59. The van der Waals surface area contributed by atoms with Gasteiger partial charge in [-0.2, -0.15) is 10.2 Å². The lowest BCUT2D eigenvalue weighted by molar-refractivity contribution is -0.119. The number of amides is 1. The highest BCUT2D eigenvalue weighted by Crippen LogP contribution is 2.31. The number of aromatic nitrogens is 4. The van der Waals surface area contributed by atoms with Crippen LogP contribution in [0, 0.1) is 0 Å². The third-order valence-corrected chi connectivity index (χ3v) is 5.06. The molecule has 4 rings (SSSR count). The van der Waals surface area contributed by atoms with E-state index in [1.54, 1.807) is 18.5 Å². The van der Waals surface area contributed by atoms with Crippen LogP contribution in [0.25, 0.3) is 5.69 Å². The van der Waals surface area contributed by atoms with E-state index in [1.807, 2.05) is 35.0 Å². The molecule has 1 N–H and O–H groups in total. The number of rotatable bonds is 7. The SMILES string of the molecule is COc1cn(-c2ccccc2)nc1C(=O)OCC(=O)Nc1ccnn1C1CCCC1. The number of nitrogens with zero attached hydrogens (tertiary/aromatic N) is 4. The van der Waals surface area contributed by atoms with Crippen LogP contribution < -0.4 is 10.1 Å². The molecular formula is C21H23N5O4. The number of ether oxygens (including phenoxy) is 2. The lowest BCUT2D eigenvalue weighted by Crippen LogP contribution is -2.23. The standard InChI is InChI=1S/C21H23N5O4/c1-29-17-13-25(15-7-3-2-4-8-15)24-20(17)21(28)30-14-19(27)23-18-11-12-22-26(18)16-9-5-6-10-16/h2-4,7-8,11-13,16H,5-6,9-10,14H2,1H3,(H,23,27). The minimum atomic E-state index is -0.735. The molecule has 0 radical (unpaired) electrons. The molecule has 9 nitrogen and oxygen atoms in total. The highest BCUT2D eigenvalue weighted by atomic mass is 16.5. The van der Waals surface area contributed by atoms with Gasteiger partial charge in [-0.05, 0) is 25.0 Å². The van der Waals surface area contributed by atoms with Crippen molar-refractivity contribution in [1.82, 2.24) is 19.6 Å². The summed E-state index contributed by atoms with van der Waals surface area (Å²) in [7, 11) is 1.44. The average Bonchev–Trinajstić information content (AvgIpc) is 3.52. The molecule has 3 aromatic rings. The Balaban J connectivity index is 1.38. The molecule has 2 aromatic heterocycles. The van der Waals surface area contributed by atoms with Crippen LogP contribution in [0.15, 0.2) is 48.8 Å². The summed E-state index contributed by atoms with van der Waals surface area (Å²) in [4.78, 5) is 24.8. The Morgan fingerprint density at radius 3 is 2.67 bits per heavy atom. The van der Waals surface area contributed by atoms with Gasteiger partial charge in [0.1, 0.15) is 5.82 Å². The summed E-state index contributed by atoms with van der Waals surface area (Å²) in [5, 5.41) is 11.3. The van der Waals surface area contributed by atoms with Crippen LogP contribution in [0.2, 0.25) is 0 Å². The van der Waals surface area contributed by atoms with E-state index in [-0.39, 0.29) is 11.4 Å². The Hall–Kier alpha value is -3.62. The van der Waals surface area contributed by atoms with Crippen LogP contribution in [0.5, 0.6) is 5.75 Å². The topological polar surface area (TPSA) is 100 Å². The van der Waals surface area contributed by atoms with Crippen LogP contribution in [-0.2, 0) is 9.53 Å². The maximum absolute atomic E-state index is 12.5. The summed E-state index contributed by atoms with van der Waals surface area (Å²) in [6.45, 7) is -0.434. The number of carbonyl (C=O) groups is 2. The third kappa shape index (κ3) is 4.19. The van der Waals surface area contributed by atoms with Crippen molar-refractivity contribution < 1.29 is 19.1 Å². The maximum Gasteiger partial charge on any atom is 0.363 e. The first-order chi connectivity index (χ1) is 14.7. The molecule has 0 spiro atoms. The molecular weight excluding hydrogens is 386 g/mol. The quantitative estimate of drug-likeness (QED) is 0.602. The second-order valence-electron chi connectivity index (χ2n) is 7.05. The van der Waals surface area contributed by atoms with E-state index in [9.17, 15) is 9.59 Å². The maximum atomic E-state index is 12.5. The lowest BCUT2D eigenvalue weighted by Gasteiger charge is -2.14. The number of carbonyl (C=O) groups excluding carboxylic acids is 2. The smallest absolute Gasteiger partial charge is 0.363 e. The monoisotopic (exact) mass is 409 g/mol. The van der Waals surface area contributed by atoms with E-state index in [0.717, 1.165) is 31.4 Å². The van der Waals surface area contributed by atoms with Crippen molar-refractivity contribution >= 4 is 17.7 Å². The predicted molar refractivity (Wildman–Crippen MR) is 109 cm³/mol. The molecule has 0 saturated heterocycles. The zero-order chi connectivity index (χ0) is 20.9. The van der Waals surface area contributed by atoms with Crippen molar-refractivity contribution in [3.63, 3.8) is 0 Å². The van der Waals surface area contributed by atoms with Crippen molar-refractivity contribution in [2.24, 2.45) is 0 Å². The van der Waals surface area contributed by atoms with Crippen LogP contribution in [0.1, 0.15) is 42.2 Å². The van der Waals surface area contributed by atoms with E-state index < -0.39 is 18.5 Å². The number of nitrogens with one attached hydrogen (secondary N) is 1. The molecule has 9 heteroatoms. The first-order valence-electron chi connectivity index (χ1n) is 9.85. The van der Waals surface area contributed by atoms with E-state index >= 15 is 0 Å². The Morgan fingerprint density at radius 2 is 1.93 bits per heavy atom. The summed E-state index contributed by atoms with van der Waals surface area (Å²) in [6.07, 6.45) is 7.65. The number of para-hydroxylation sites is 1. The van der Waals surface area contributed by atoms with Crippen LogP contribution in [0.4, 0.5) is 5.82 Å². The molecule has 1 saturated carbocycles. The van der Waals surface area contributed by atoms with Gasteiger partial charge in [0, 0.05) is 6.07 Å². The van der Waals surface area contributed by atoms with Gasteiger partial charge in [-0.3, -0.25) is 4.79 Å². The van der Waals surface area contributed by atoms with Gasteiger partial charge in [0.25, 0.3) is 5.91 Å². The first-order valence-corrected chi connectivity index (χ1v) is 9.85. The first kappa shape index (κ1) is 19.7. The lowest BCUT2D eigenvalue weighted by atomic mass is 10.2. The number of anilines is 1. The zero-order valence-corrected chi connectivity index (χ0v) is 16.7. The molecule has 1 aliphatic rings. The van der Waals surface area contributed by atoms with Gasteiger partial charge in [-0.25, -0.2) is 14.2 Å². The molecule has 0 atom stereocenters. The van der Waals surface area contributed by atoms with Gasteiger partial charge in [0.2, 0.25) is 5.69 Å². The molecule has 156 valence electrons. The Morgan fingerprint density at radius 1 is 1.17 bits per heavy atom. The van der Waals surface area contributed by atoms with Gasteiger partial charge in [-0.15, -0.1) is 0 Å². The molecule has 0 aliphatic heterocycles. The third-order valence-electron chi connectivity index (χ3n) is 5.06. The number of hydrogen-bond donors (Lipinski definition) is 1. The molecule has 1 aromatic carbocycles. The largest absolute Gasteiger partial charge is 0.493 e. The van der Waals surface area contributed by atoms with E-state index in [1.165, 1.54) is 11.8 Å². The normalized spacial score (nSPS) is 13.9. The second-order valence-corrected chi connectivity index (χ2v) is 7.05. The van der Waals surface area contributed by atoms with Gasteiger partial charge in [-0.1, -0.05) is 31.0 Å². The molecule has 1 amide bonds. The summed E-state index contributed by atoms with van der Waals surface area (Å²) in [5.41, 5.74) is 0.776. The van der Waals surface area contributed by atoms with Crippen molar-refractivity contribution in [2.45, 2.75) is 31.7 Å². The fraction of sp³-hybridized carbons (Fsp3) is 0.333. The second kappa shape index (κ2) is 8.81. The number of esters is 1. The summed E-state index contributed by atoms with van der Waals surface area (Å²) in [5.74, 6) is -0.303. The molecule has 1 fully saturated rings. The van der Waals surface area contributed by atoms with Crippen molar-refractivity contribution in [2.75, 3.05) is 19.0 Å². The van der Waals surface area contributed by atoms with Gasteiger partial charge in [0.15, 0.2) is 12.4 Å².